The molecule has 7 nitrogen and oxygen atoms in total. The molecule has 45 heavy (non-hydrogen) atoms. The molecule has 0 spiro atoms. The Morgan fingerprint density at radius 3 is 2.11 bits per heavy atom. The van der Waals surface area contributed by atoms with Crippen LogP contribution in [0.5, 0.6) is 0 Å². The van der Waals surface area contributed by atoms with Crippen molar-refractivity contribution in [2.75, 3.05) is 10.8 Å². The van der Waals surface area contributed by atoms with Crippen LogP contribution in [0, 0.1) is 6.92 Å². The van der Waals surface area contributed by atoms with Crippen molar-refractivity contribution in [3.05, 3.63) is 92.4 Å². The van der Waals surface area contributed by atoms with Crippen LogP contribution in [0.3, 0.4) is 0 Å². The van der Waals surface area contributed by atoms with Crippen molar-refractivity contribution >= 4 is 62.3 Å². The van der Waals surface area contributed by atoms with Crippen LogP contribution in [-0.2, 0) is 32.3 Å². The monoisotopic (exact) mass is 705 g/mol. The Bertz CT molecular complexity index is 1640. The Morgan fingerprint density at radius 2 is 1.56 bits per heavy atom. The molecule has 14 heteroatoms. The lowest BCUT2D eigenvalue weighted by atomic mass is 10.1. The number of sulfonamides is 1. The summed E-state index contributed by atoms with van der Waals surface area (Å²) in [7, 11) is -4.61. The number of hydrogen-bond acceptors (Lipinski definition) is 4. The molecule has 0 aliphatic rings. The lowest BCUT2D eigenvalue weighted by molar-refractivity contribution is -0.140. The molecule has 0 unspecified atom stereocenters. The van der Waals surface area contributed by atoms with Gasteiger partial charge in [0.15, 0.2) is 0 Å². The summed E-state index contributed by atoms with van der Waals surface area (Å²) in [6.07, 6.45) is -4.15. The van der Waals surface area contributed by atoms with Crippen molar-refractivity contribution in [2.45, 2.75) is 70.2 Å². The van der Waals surface area contributed by atoms with Crippen LogP contribution in [0.15, 0.2) is 65.6 Å². The number of aryl methyl sites for hydroxylation is 1. The molecule has 0 radical (unpaired) electrons. The third kappa shape index (κ3) is 9.06. The van der Waals surface area contributed by atoms with Gasteiger partial charge in [-0.15, -0.1) is 0 Å². The molecule has 0 fully saturated rings. The molecule has 3 rings (SSSR count). The average Bonchev–Trinajstić information content (AvgIpc) is 2.96. The highest BCUT2D eigenvalue weighted by Crippen LogP contribution is 2.38. The van der Waals surface area contributed by atoms with Gasteiger partial charge in [0.25, 0.3) is 10.0 Å². The normalized spacial score (nSPS) is 13.2. The Kier molecular flexibility index (Phi) is 12.2. The number of halogens is 6. The Labute approximate surface area is 276 Å². The van der Waals surface area contributed by atoms with E-state index in [-0.39, 0.29) is 28.9 Å². The molecular formula is C31H33Cl3F3N3O4S. The van der Waals surface area contributed by atoms with Gasteiger partial charge in [-0.1, -0.05) is 72.4 Å². The van der Waals surface area contributed by atoms with Gasteiger partial charge >= 0.3 is 6.18 Å². The molecule has 0 aliphatic carbocycles. The number of carbonyl (C=O) groups is 2. The minimum Gasteiger partial charge on any atom is -0.352 e. The summed E-state index contributed by atoms with van der Waals surface area (Å²) < 4.78 is 70.1. The predicted octanol–water partition coefficient (Wildman–Crippen LogP) is 7.89. The fourth-order valence-electron chi connectivity index (χ4n) is 4.45. The number of alkyl halides is 3. The van der Waals surface area contributed by atoms with Crippen molar-refractivity contribution in [2.24, 2.45) is 0 Å². The fraction of sp³-hybridized carbons (Fsp3) is 0.355. The van der Waals surface area contributed by atoms with E-state index in [1.807, 2.05) is 6.92 Å². The molecule has 1 N–H and O–H groups in total. The number of nitrogens with zero attached hydrogens (tertiary/aromatic N) is 2. The van der Waals surface area contributed by atoms with Crippen LogP contribution in [0.4, 0.5) is 18.9 Å². The van der Waals surface area contributed by atoms with Crippen molar-refractivity contribution in [1.82, 2.24) is 10.2 Å². The lowest BCUT2D eigenvalue weighted by Crippen LogP contribution is -2.53. The van der Waals surface area contributed by atoms with Crippen molar-refractivity contribution < 1.29 is 31.2 Å². The zero-order valence-electron chi connectivity index (χ0n) is 25.0. The van der Waals surface area contributed by atoms with E-state index in [0.717, 1.165) is 17.7 Å². The standard InChI is InChI=1S/C31H33Cl3F3N3O4S/c1-5-20(4)38-30(42)28(6-2)39(17-21-9-10-22(32)15-27(21)34)29(41)18-40(45(43,44)24-12-7-19(3)8-13-24)23-11-14-26(33)25(16-23)31(35,36)37/h7-16,20,28H,5-6,17-18H2,1-4H3,(H,38,42)/t20-,28-/m0/s1. The molecule has 0 aliphatic heterocycles. The quantitative estimate of drug-likeness (QED) is 0.208. The predicted molar refractivity (Wildman–Crippen MR) is 171 cm³/mol. The average molecular weight is 707 g/mol. The molecule has 3 aromatic rings. The topological polar surface area (TPSA) is 86.8 Å². The van der Waals surface area contributed by atoms with E-state index < -0.39 is 56.9 Å². The second-order valence-electron chi connectivity index (χ2n) is 10.5. The van der Waals surface area contributed by atoms with Crippen molar-refractivity contribution in [3.8, 4) is 0 Å². The Hall–Kier alpha value is -2.99. The molecule has 0 saturated heterocycles. The second-order valence-corrected chi connectivity index (χ2v) is 13.6. The van der Waals surface area contributed by atoms with Gasteiger partial charge in [-0.3, -0.25) is 13.9 Å². The summed E-state index contributed by atoms with van der Waals surface area (Å²) in [4.78, 5) is 28.5. The fourth-order valence-corrected chi connectivity index (χ4v) is 6.54. The highest BCUT2D eigenvalue weighted by Gasteiger charge is 2.37. The highest BCUT2D eigenvalue weighted by molar-refractivity contribution is 7.92. The van der Waals surface area contributed by atoms with Crippen LogP contribution in [0.1, 0.15) is 50.3 Å². The lowest BCUT2D eigenvalue weighted by Gasteiger charge is -2.34. The minimum atomic E-state index is -4.91. The summed E-state index contributed by atoms with van der Waals surface area (Å²) in [5.74, 6) is -1.34. The molecular weight excluding hydrogens is 674 g/mol. The highest BCUT2D eigenvalue weighted by atomic mass is 35.5. The van der Waals surface area contributed by atoms with Gasteiger partial charge in [-0.2, -0.15) is 13.2 Å². The van der Waals surface area contributed by atoms with Gasteiger partial charge in [0, 0.05) is 22.6 Å². The number of nitrogens with one attached hydrogen (secondary N) is 1. The van der Waals surface area contributed by atoms with Gasteiger partial charge in [0.2, 0.25) is 11.8 Å². The number of carbonyl (C=O) groups excluding carboxylic acids is 2. The first-order chi connectivity index (χ1) is 21.0. The number of benzene rings is 3. The zero-order valence-corrected chi connectivity index (χ0v) is 28.0. The first kappa shape index (κ1) is 36.5. The molecule has 3 aromatic carbocycles. The third-order valence-electron chi connectivity index (χ3n) is 7.17. The number of hydrogen-bond donors (Lipinski definition) is 1. The van der Waals surface area contributed by atoms with E-state index in [9.17, 15) is 31.2 Å². The van der Waals surface area contributed by atoms with Crippen LogP contribution in [0.25, 0.3) is 0 Å². The third-order valence-corrected chi connectivity index (χ3v) is 9.88. The van der Waals surface area contributed by atoms with Crippen LogP contribution in [-0.4, -0.2) is 43.8 Å². The largest absolute Gasteiger partial charge is 0.417 e. The van der Waals surface area contributed by atoms with Gasteiger partial charge in [-0.05, 0) is 74.7 Å². The minimum absolute atomic E-state index is 0.142. The first-order valence-electron chi connectivity index (χ1n) is 14.0. The van der Waals surface area contributed by atoms with E-state index >= 15 is 0 Å². The molecule has 0 heterocycles. The molecule has 244 valence electrons. The van der Waals surface area contributed by atoms with E-state index in [1.165, 1.54) is 35.2 Å². The van der Waals surface area contributed by atoms with E-state index in [0.29, 0.717) is 27.4 Å². The molecule has 0 aromatic heterocycles. The summed E-state index contributed by atoms with van der Waals surface area (Å²) in [6.45, 7) is 5.93. The second kappa shape index (κ2) is 15.1. The first-order valence-corrected chi connectivity index (χ1v) is 16.6. The smallest absolute Gasteiger partial charge is 0.352 e. The summed E-state index contributed by atoms with van der Waals surface area (Å²) in [6, 6.07) is 11.5. The molecule has 2 amide bonds. The van der Waals surface area contributed by atoms with E-state index in [4.69, 9.17) is 34.8 Å². The van der Waals surface area contributed by atoms with E-state index in [2.05, 4.69) is 5.32 Å². The van der Waals surface area contributed by atoms with Crippen molar-refractivity contribution in [1.29, 1.82) is 0 Å². The Morgan fingerprint density at radius 1 is 0.911 bits per heavy atom. The van der Waals surface area contributed by atoms with Gasteiger partial charge in [-0.25, -0.2) is 8.42 Å². The summed E-state index contributed by atoms with van der Waals surface area (Å²) in [5.41, 5.74) is -0.556. The summed E-state index contributed by atoms with van der Waals surface area (Å²) in [5, 5.41) is 2.74. The number of anilines is 1. The van der Waals surface area contributed by atoms with Gasteiger partial charge < -0.3 is 10.2 Å². The maximum Gasteiger partial charge on any atom is 0.417 e. The van der Waals surface area contributed by atoms with Crippen molar-refractivity contribution in [3.63, 3.8) is 0 Å². The SMILES string of the molecule is CC[C@H](C)NC(=O)[C@H](CC)N(Cc1ccc(Cl)cc1Cl)C(=O)CN(c1ccc(Cl)c(C(F)(F)F)c1)S(=O)(=O)c1ccc(C)cc1. The summed E-state index contributed by atoms with van der Waals surface area (Å²) >= 11 is 18.3. The number of amides is 2. The van der Waals surface area contributed by atoms with Crippen LogP contribution >= 0.6 is 34.8 Å². The molecule has 0 bridgehead atoms. The maximum absolute atomic E-state index is 14.2. The molecule has 0 saturated carbocycles. The number of rotatable bonds is 12. The van der Waals surface area contributed by atoms with Gasteiger partial charge in [0.1, 0.15) is 12.6 Å². The van der Waals surface area contributed by atoms with Gasteiger partial charge in [0.05, 0.1) is 21.2 Å². The Balaban J connectivity index is 2.17. The molecule has 2 atom stereocenters. The van der Waals surface area contributed by atoms with E-state index in [1.54, 1.807) is 32.9 Å². The maximum atomic E-state index is 14.2. The van der Waals surface area contributed by atoms with Crippen LogP contribution in [0.2, 0.25) is 15.1 Å². The zero-order chi connectivity index (χ0) is 33.7. The van der Waals surface area contributed by atoms with Crippen LogP contribution < -0.4 is 9.62 Å².